The molecule has 0 saturated heterocycles. The van der Waals surface area contributed by atoms with E-state index in [0.717, 1.165) is 12.3 Å². The zero-order valence-electron chi connectivity index (χ0n) is 14.4. The summed E-state index contributed by atoms with van der Waals surface area (Å²) in [6.45, 7) is 5.02. The number of halogens is 1. The molecule has 0 saturated carbocycles. The lowest BCUT2D eigenvalue weighted by atomic mass is 10.2. The molecule has 0 aliphatic rings. The Morgan fingerprint density at radius 1 is 1.08 bits per heavy atom. The number of ether oxygens (including phenoxy) is 2. The fourth-order valence-electron chi connectivity index (χ4n) is 1.79. The van der Waals surface area contributed by atoms with E-state index >= 15 is 0 Å². The maximum Gasteiger partial charge on any atom is 0.251 e. The van der Waals surface area contributed by atoms with E-state index in [1.807, 2.05) is 6.92 Å². The number of methoxy groups -OCH3 is 2. The van der Waals surface area contributed by atoms with Crippen molar-refractivity contribution in [2.75, 3.05) is 47.0 Å². The Labute approximate surface area is 160 Å². The van der Waals surface area contributed by atoms with E-state index in [-0.39, 0.29) is 29.9 Å². The zero-order chi connectivity index (χ0) is 16.9. The second-order valence-electron chi connectivity index (χ2n) is 4.66. The van der Waals surface area contributed by atoms with Crippen molar-refractivity contribution in [3.05, 3.63) is 29.8 Å². The van der Waals surface area contributed by atoms with Crippen LogP contribution in [0.15, 0.2) is 29.3 Å². The number of carbonyl (C=O) groups excluding carboxylic acids is 1. The molecule has 3 N–H and O–H groups in total. The van der Waals surface area contributed by atoms with Gasteiger partial charge in [-0.2, -0.15) is 0 Å². The number of hydrogen-bond donors (Lipinski definition) is 3. The molecule has 1 aromatic carbocycles. The highest BCUT2D eigenvalue weighted by atomic mass is 127. The predicted molar refractivity (Wildman–Crippen MR) is 107 cm³/mol. The van der Waals surface area contributed by atoms with E-state index in [9.17, 15) is 4.79 Å². The van der Waals surface area contributed by atoms with E-state index in [4.69, 9.17) is 9.47 Å². The Balaban J connectivity index is 0.00000529. The summed E-state index contributed by atoms with van der Waals surface area (Å²) < 4.78 is 10.0. The van der Waals surface area contributed by atoms with Gasteiger partial charge in [0.1, 0.15) is 5.75 Å². The number of aliphatic imine (C=N–C) groups is 1. The van der Waals surface area contributed by atoms with Gasteiger partial charge in [0.2, 0.25) is 0 Å². The van der Waals surface area contributed by atoms with Gasteiger partial charge in [0, 0.05) is 32.3 Å². The van der Waals surface area contributed by atoms with E-state index in [0.29, 0.717) is 37.8 Å². The van der Waals surface area contributed by atoms with Gasteiger partial charge in [0.05, 0.1) is 20.3 Å². The van der Waals surface area contributed by atoms with Crippen LogP contribution in [0.25, 0.3) is 0 Å². The van der Waals surface area contributed by atoms with Gasteiger partial charge in [-0.3, -0.25) is 9.79 Å². The van der Waals surface area contributed by atoms with E-state index in [2.05, 4.69) is 20.9 Å². The quantitative estimate of drug-likeness (QED) is 0.228. The lowest BCUT2D eigenvalue weighted by Crippen LogP contribution is -2.41. The average Bonchev–Trinajstić information content (AvgIpc) is 2.58. The van der Waals surface area contributed by atoms with Crippen LogP contribution in [0.5, 0.6) is 5.75 Å². The first kappa shape index (κ1) is 22.4. The molecule has 0 unspecified atom stereocenters. The Hall–Kier alpha value is -1.55. The van der Waals surface area contributed by atoms with Crippen LogP contribution in [-0.4, -0.2) is 58.9 Å². The molecule has 0 bridgehead atoms. The van der Waals surface area contributed by atoms with Crippen molar-refractivity contribution in [3.63, 3.8) is 0 Å². The largest absolute Gasteiger partial charge is 0.497 e. The third kappa shape index (κ3) is 8.92. The number of rotatable bonds is 9. The van der Waals surface area contributed by atoms with E-state index < -0.39 is 0 Å². The van der Waals surface area contributed by atoms with E-state index in [1.54, 1.807) is 38.5 Å². The molecule has 0 spiro atoms. The summed E-state index contributed by atoms with van der Waals surface area (Å²) in [6.07, 6.45) is 0. The molecular weight excluding hydrogens is 423 g/mol. The Morgan fingerprint density at radius 3 is 2.33 bits per heavy atom. The fourth-order valence-corrected chi connectivity index (χ4v) is 1.79. The molecule has 7 nitrogen and oxygen atoms in total. The SMILES string of the molecule is CCNC(=NCCOC)NCCNC(=O)c1ccc(OC)cc1.I. The minimum atomic E-state index is -0.115. The summed E-state index contributed by atoms with van der Waals surface area (Å²) >= 11 is 0. The molecule has 0 aliphatic carbocycles. The Bertz CT molecular complexity index is 495. The van der Waals surface area contributed by atoms with Crippen molar-refractivity contribution < 1.29 is 14.3 Å². The molecule has 1 rings (SSSR count). The highest BCUT2D eigenvalue weighted by Crippen LogP contribution is 2.10. The summed E-state index contributed by atoms with van der Waals surface area (Å²) in [6, 6.07) is 6.99. The molecule has 0 heterocycles. The van der Waals surface area contributed by atoms with Crippen molar-refractivity contribution in [2.24, 2.45) is 4.99 Å². The zero-order valence-corrected chi connectivity index (χ0v) is 16.8. The smallest absolute Gasteiger partial charge is 0.251 e. The van der Waals surface area contributed by atoms with Crippen molar-refractivity contribution in [1.29, 1.82) is 0 Å². The van der Waals surface area contributed by atoms with Crippen LogP contribution in [0.2, 0.25) is 0 Å². The first-order chi connectivity index (χ1) is 11.2. The monoisotopic (exact) mass is 450 g/mol. The van der Waals surface area contributed by atoms with Crippen LogP contribution >= 0.6 is 24.0 Å². The maximum absolute atomic E-state index is 12.0. The summed E-state index contributed by atoms with van der Waals surface area (Å²) in [4.78, 5) is 16.3. The number of benzene rings is 1. The lowest BCUT2D eigenvalue weighted by Gasteiger charge is -2.12. The van der Waals surface area contributed by atoms with Gasteiger partial charge in [-0.1, -0.05) is 0 Å². The third-order valence-corrected chi connectivity index (χ3v) is 2.96. The number of guanidine groups is 1. The van der Waals surface area contributed by atoms with Gasteiger partial charge in [-0.05, 0) is 31.2 Å². The van der Waals surface area contributed by atoms with Crippen molar-refractivity contribution in [2.45, 2.75) is 6.92 Å². The first-order valence-corrected chi connectivity index (χ1v) is 7.64. The number of hydrogen-bond acceptors (Lipinski definition) is 4. The van der Waals surface area contributed by atoms with Gasteiger partial charge < -0.3 is 25.4 Å². The molecule has 0 atom stereocenters. The topological polar surface area (TPSA) is 84.0 Å². The molecule has 0 radical (unpaired) electrons. The lowest BCUT2D eigenvalue weighted by molar-refractivity contribution is 0.0954. The fraction of sp³-hybridized carbons (Fsp3) is 0.500. The first-order valence-electron chi connectivity index (χ1n) is 7.64. The van der Waals surface area contributed by atoms with Crippen molar-refractivity contribution in [3.8, 4) is 5.75 Å². The normalized spacial score (nSPS) is 10.5. The van der Waals surface area contributed by atoms with Gasteiger partial charge in [-0.15, -0.1) is 24.0 Å². The number of nitrogens with zero attached hydrogens (tertiary/aromatic N) is 1. The van der Waals surface area contributed by atoms with E-state index in [1.165, 1.54) is 0 Å². The van der Waals surface area contributed by atoms with Crippen molar-refractivity contribution in [1.82, 2.24) is 16.0 Å². The van der Waals surface area contributed by atoms with Gasteiger partial charge >= 0.3 is 0 Å². The van der Waals surface area contributed by atoms with Crippen molar-refractivity contribution >= 4 is 35.8 Å². The minimum absolute atomic E-state index is 0. The molecule has 0 aromatic heterocycles. The van der Waals surface area contributed by atoms with Gasteiger partial charge in [0.25, 0.3) is 5.91 Å². The van der Waals surface area contributed by atoms with Crippen LogP contribution in [0.3, 0.4) is 0 Å². The summed E-state index contributed by atoms with van der Waals surface area (Å²) in [5.74, 6) is 1.32. The highest BCUT2D eigenvalue weighted by molar-refractivity contribution is 14.0. The average molecular weight is 450 g/mol. The second kappa shape index (κ2) is 13.8. The minimum Gasteiger partial charge on any atom is -0.497 e. The Morgan fingerprint density at radius 2 is 1.75 bits per heavy atom. The highest BCUT2D eigenvalue weighted by Gasteiger charge is 2.04. The van der Waals surface area contributed by atoms with Crippen LogP contribution in [-0.2, 0) is 4.74 Å². The van der Waals surface area contributed by atoms with Crippen LogP contribution < -0.4 is 20.7 Å². The number of carbonyl (C=O) groups is 1. The second-order valence-corrected chi connectivity index (χ2v) is 4.66. The maximum atomic E-state index is 12.0. The third-order valence-electron chi connectivity index (χ3n) is 2.96. The Kier molecular flexibility index (Phi) is 13.0. The van der Waals surface area contributed by atoms with Crippen LogP contribution in [0, 0.1) is 0 Å². The number of amides is 1. The molecule has 136 valence electrons. The molecule has 1 amide bonds. The summed E-state index contributed by atoms with van der Waals surface area (Å²) in [7, 11) is 3.24. The molecular formula is C16H27IN4O3. The summed E-state index contributed by atoms with van der Waals surface area (Å²) in [5, 5.41) is 9.14. The van der Waals surface area contributed by atoms with Gasteiger partial charge in [0.15, 0.2) is 5.96 Å². The van der Waals surface area contributed by atoms with Crippen LogP contribution in [0.4, 0.5) is 0 Å². The molecule has 24 heavy (non-hydrogen) atoms. The molecule has 0 aliphatic heterocycles. The molecule has 0 fully saturated rings. The van der Waals surface area contributed by atoms with Gasteiger partial charge in [-0.25, -0.2) is 0 Å². The number of nitrogens with one attached hydrogen (secondary N) is 3. The summed E-state index contributed by atoms with van der Waals surface area (Å²) in [5.41, 5.74) is 0.603. The van der Waals surface area contributed by atoms with Crippen LogP contribution in [0.1, 0.15) is 17.3 Å². The molecule has 8 heteroatoms. The molecule has 1 aromatic rings. The predicted octanol–water partition coefficient (Wildman–Crippen LogP) is 1.24. The standard InChI is InChI=1S/C16H26N4O3.HI/c1-4-17-16(20-11-12-22-2)19-10-9-18-15(21)13-5-7-14(23-3)8-6-13;/h5-8H,4,9-12H2,1-3H3,(H,18,21)(H2,17,19,20);1H.